The smallest absolute Gasteiger partial charge is 0.393 e. The summed E-state index contributed by atoms with van der Waals surface area (Å²) in [4.78, 5) is 11.6. The van der Waals surface area contributed by atoms with Gasteiger partial charge in [0.25, 0.3) is 5.91 Å². The first-order valence-electron chi connectivity index (χ1n) is 5.29. The molecule has 102 valence electrons. The minimum Gasteiger partial charge on any atom is -0.393 e. The van der Waals surface area contributed by atoms with Crippen LogP contribution in [0, 0.1) is 0 Å². The van der Waals surface area contributed by atoms with Crippen molar-refractivity contribution in [1.29, 1.82) is 0 Å². The predicted molar refractivity (Wildman–Crippen MR) is 56.8 cm³/mol. The van der Waals surface area contributed by atoms with Crippen LogP contribution >= 0.6 is 0 Å². The Morgan fingerprint density at radius 1 is 1.61 bits per heavy atom. The molecule has 1 aromatic heterocycles. The zero-order valence-electron chi connectivity index (χ0n) is 9.95. The quantitative estimate of drug-likeness (QED) is 0.851. The third-order valence-corrected chi connectivity index (χ3v) is 2.19. The van der Waals surface area contributed by atoms with Gasteiger partial charge in [-0.05, 0) is 13.3 Å². The van der Waals surface area contributed by atoms with Gasteiger partial charge in [0.15, 0.2) is 5.69 Å². The molecule has 1 aromatic rings. The average molecular weight is 265 g/mol. The van der Waals surface area contributed by atoms with Crippen LogP contribution < -0.4 is 5.32 Å². The van der Waals surface area contributed by atoms with Crippen LogP contribution in [0.15, 0.2) is 6.20 Å². The van der Waals surface area contributed by atoms with Crippen molar-refractivity contribution in [1.82, 2.24) is 15.1 Å². The monoisotopic (exact) mass is 265 g/mol. The maximum absolute atomic E-state index is 12.6. The van der Waals surface area contributed by atoms with Gasteiger partial charge < -0.3 is 10.4 Å². The molecule has 0 radical (unpaired) electrons. The fraction of sp³-hybridized carbons (Fsp3) is 0.600. The van der Waals surface area contributed by atoms with Gasteiger partial charge in [-0.15, -0.1) is 0 Å². The van der Waals surface area contributed by atoms with Crippen LogP contribution in [-0.4, -0.2) is 33.4 Å². The van der Waals surface area contributed by atoms with Crippen molar-refractivity contribution in [3.63, 3.8) is 0 Å². The van der Waals surface area contributed by atoms with Crippen molar-refractivity contribution < 1.29 is 23.1 Å². The van der Waals surface area contributed by atoms with E-state index in [1.54, 1.807) is 0 Å². The minimum atomic E-state index is -4.67. The second-order valence-corrected chi connectivity index (χ2v) is 3.96. The summed E-state index contributed by atoms with van der Waals surface area (Å²) in [6.07, 6.45) is -4.01. The zero-order chi connectivity index (χ0) is 13.9. The molecule has 2 N–H and O–H groups in total. The summed E-state index contributed by atoms with van der Waals surface area (Å²) in [6, 6.07) is 0. The van der Waals surface area contributed by atoms with Gasteiger partial charge in [-0.2, -0.15) is 18.3 Å². The third kappa shape index (κ3) is 3.73. The second kappa shape index (κ2) is 5.38. The molecule has 0 spiro atoms. The van der Waals surface area contributed by atoms with E-state index in [0.717, 1.165) is 10.9 Å². The molecule has 0 saturated heterocycles. The maximum Gasteiger partial charge on any atom is 0.435 e. The van der Waals surface area contributed by atoms with E-state index in [4.69, 9.17) is 5.11 Å². The Morgan fingerprint density at radius 2 is 2.22 bits per heavy atom. The number of rotatable bonds is 4. The average Bonchev–Trinajstić information content (AvgIpc) is 2.59. The van der Waals surface area contributed by atoms with E-state index in [0.29, 0.717) is 0 Å². The second-order valence-electron chi connectivity index (χ2n) is 3.96. The highest BCUT2D eigenvalue weighted by molar-refractivity contribution is 5.95. The van der Waals surface area contributed by atoms with Crippen molar-refractivity contribution in [3.05, 3.63) is 17.5 Å². The molecule has 5 nitrogen and oxygen atoms in total. The Kier molecular flexibility index (Phi) is 4.33. The number of aryl methyl sites for hydroxylation is 1. The summed E-state index contributed by atoms with van der Waals surface area (Å²) >= 11 is 0. The number of aliphatic hydroxyl groups excluding tert-OH is 1. The van der Waals surface area contributed by atoms with Crippen LogP contribution in [0.3, 0.4) is 0 Å². The van der Waals surface area contributed by atoms with Crippen molar-refractivity contribution in [2.24, 2.45) is 7.05 Å². The number of hydrogen-bond donors (Lipinski definition) is 2. The SMILES string of the molecule is CC(O)CCNC(=O)c1cn(C)nc1C(F)(F)F. The molecule has 1 unspecified atom stereocenters. The van der Waals surface area contributed by atoms with E-state index in [-0.39, 0.29) is 13.0 Å². The summed E-state index contributed by atoms with van der Waals surface area (Å²) in [6.45, 7) is 1.63. The summed E-state index contributed by atoms with van der Waals surface area (Å²) in [5.41, 5.74) is -1.73. The Bertz CT molecular complexity index is 426. The lowest BCUT2D eigenvalue weighted by Gasteiger charge is -2.08. The predicted octanol–water partition coefficient (Wildman–Crippen LogP) is 0.940. The lowest BCUT2D eigenvalue weighted by Crippen LogP contribution is -2.28. The normalized spacial score (nSPS) is 13.4. The molecule has 1 amide bonds. The lowest BCUT2D eigenvalue weighted by molar-refractivity contribution is -0.141. The van der Waals surface area contributed by atoms with Gasteiger partial charge in [0.1, 0.15) is 0 Å². The summed E-state index contributed by atoms with van der Waals surface area (Å²) in [5, 5.41) is 14.5. The highest BCUT2D eigenvalue weighted by Gasteiger charge is 2.38. The summed E-state index contributed by atoms with van der Waals surface area (Å²) in [5.74, 6) is -0.851. The van der Waals surface area contributed by atoms with E-state index < -0.39 is 29.4 Å². The van der Waals surface area contributed by atoms with Crippen molar-refractivity contribution in [2.45, 2.75) is 25.6 Å². The van der Waals surface area contributed by atoms with E-state index in [1.165, 1.54) is 14.0 Å². The highest BCUT2D eigenvalue weighted by Crippen LogP contribution is 2.30. The molecule has 0 aliphatic rings. The Balaban J connectivity index is 2.80. The number of alkyl halides is 3. The molecule has 0 saturated carbocycles. The number of nitrogens with one attached hydrogen (secondary N) is 1. The van der Waals surface area contributed by atoms with E-state index in [2.05, 4.69) is 10.4 Å². The zero-order valence-corrected chi connectivity index (χ0v) is 9.95. The van der Waals surface area contributed by atoms with Crippen LogP contribution in [-0.2, 0) is 13.2 Å². The van der Waals surface area contributed by atoms with Gasteiger partial charge >= 0.3 is 6.18 Å². The maximum atomic E-state index is 12.6. The van der Waals surface area contributed by atoms with Gasteiger partial charge in [-0.1, -0.05) is 0 Å². The molecule has 0 aromatic carbocycles. The summed E-state index contributed by atoms with van der Waals surface area (Å²) in [7, 11) is 1.31. The van der Waals surface area contributed by atoms with E-state index >= 15 is 0 Å². The number of aromatic nitrogens is 2. The number of carbonyl (C=O) groups is 1. The molecule has 1 rings (SSSR count). The number of amides is 1. The van der Waals surface area contributed by atoms with Gasteiger partial charge in [-0.3, -0.25) is 9.48 Å². The fourth-order valence-corrected chi connectivity index (χ4v) is 1.35. The molecule has 0 fully saturated rings. The topological polar surface area (TPSA) is 67.2 Å². The lowest BCUT2D eigenvalue weighted by atomic mass is 10.2. The third-order valence-electron chi connectivity index (χ3n) is 2.19. The van der Waals surface area contributed by atoms with Crippen LogP contribution in [0.1, 0.15) is 29.4 Å². The van der Waals surface area contributed by atoms with Crippen LogP contribution in [0.2, 0.25) is 0 Å². The Morgan fingerprint density at radius 3 is 2.72 bits per heavy atom. The molecular formula is C10H14F3N3O2. The van der Waals surface area contributed by atoms with Crippen molar-refractivity contribution in [2.75, 3.05) is 6.54 Å². The molecular weight excluding hydrogens is 251 g/mol. The number of aliphatic hydroxyl groups is 1. The van der Waals surface area contributed by atoms with Crippen LogP contribution in [0.5, 0.6) is 0 Å². The Labute approximate surface area is 102 Å². The first-order chi connectivity index (χ1) is 8.21. The minimum absolute atomic E-state index is 0.0999. The van der Waals surface area contributed by atoms with Crippen molar-refractivity contribution in [3.8, 4) is 0 Å². The van der Waals surface area contributed by atoms with Crippen molar-refractivity contribution >= 4 is 5.91 Å². The summed E-state index contributed by atoms with van der Waals surface area (Å²) < 4.78 is 38.7. The number of carbonyl (C=O) groups excluding carboxylic acids is 1. The van der Waals surface area contributed by atoms with E-state index in [1.807, 2.05) is 0 Å². The standard InChI is InChI=1S/C10H14F3N3O2/c1-6(17)3-4-14-9(18)7-5-16(2)15-8(7)10(11,12)13/h5-6,17H,3-4H2,1-2H3,(H,14,18). The van der Waals surface area contributed by atoms with E-state index in [9.17, 15) is 18.0 Å². The molecule has 1 heterocycles. The van der Waals surface area contributed by atoms with Gasteiger partial charge in [0.2, 0.25) is 0 Å². The van der Waals surface area contributed by atoms with Crippen LogP contribution in [0.4, 0.5) is 13.2 Å². The molecule has 18 heavy (non-hydrogen) atoms. The fourth-order valence-electron chi connectivity index (χ4n) is 1.35. The van der Waals surface area contributed by atoms with Gasteiger partial charge in [-0.25, -0.2) is 0 Å². The number of nitrogens with zero attached hydrogens (tertiary/aromatic N) is 2. The first-order valence-corrected chi connectivity index (χ1v) is 5.29. The largest absolute Gasteiger partial charge is 0.435 e. The number of hydrogen-bond acceptors (Lipinski definition) is 3. The number of halogens is 3. The molecule has 0 aliphatic heterocycles. The van der Waals surface area contributed by atoms with Gasteiger partial charge in [0, 0.05) is 19.8 Å². The molecule has 8 heteroatoms. The molecule has 1 atom stereocenters. The van der Waals surface area contributed by atoms with Gasteiger partial charge in [0.05, 0.1) is 11.7 Å². The Hall–Kier alpha value is -1.57. The first kappa shape index (κ1) is 14.5. The highest BCUT2D eigenvalue weighted by atomic mass is 19.4. The molecule has 0 aliphatic carbocycles. The molecule has 0 bridgehead atoms. The van der Waals surface area contributed by atoms with Crippen LogP contribution in [0.25, 0.3) is 0 Å².